The Morgan fingerprint density at radius 1 is 0.745 bits per heavy atom. The van der Waals surface area contributed by atoms with Gasteiger partial charge in [-0.2, -0.15) is 0 Å². The van der Waals surface area contributed by atoms with E-state index in [1.54, 1.807) is 0 Å². The normalized spacial score (nSPS) is 33.5. The lowest BCUT2D eigenvalue weighted by molar-refractivity contribution is -0.360. The van der Waals surface area contributed by atoms with Gasteiger partial charge in [0.05, 0.1) is 19.1 Å². The standard InChI is InChI=1S/C32H45NO14/c1-16(34)33(17(2)35)27-25(43-19(4)37)14-32(30(40)41-7,47-31-11-22-8-23(12-31)10-24(9-22)13-31)46-29(27)28(45-21(6)39)26(44-20(5)38)15-42-18(3)36/h22-29H,8-15H2,1-7H3/t22?,23?,24?,25-,26+,27+,28+,29+,31?,32-/m0/s1. The van der Waals surface area contributed by atoms with Gasteiger partial charge in [0.1, 0.15) is 24.9 Å². The van der Waals surface area contributed by atoms with E-state index >= 15 is 0 Å². The minimum atomic E-state index is -2.29. The Bertz CT molecular complexity index is 1230. The third-order valence-corrected chi connectivity index (χ3v) is 9.43. The van der Waals surface area contributed by atoms with Gasteiger partial charge in [0.2, 0.25) is 11.8 Å². The molecule has 4 aliphatic carbocycles. The van der Waals surface area contributed by atoms with Crippen molar-refractivity contribution in [2.75, 3.05) is 13.7 Å². The van der Waals surface area contributed by atoms with Crippen LogP contribution in [0.15, 0.2) is 0 Å². The first kappa shape index (κ1) is 36.2. The quantitative estimate of drug-likeness (QED) is 0.229. The zero-order chi connectivity index (χ0) is 34.8. The molecule has 2 amide bonds. The fourth-order valence-electron chi connectivity index (χ4n) is 8.53. The van der Waals surface area contributed by atoms with Crippen LogP contribution in [0.3, 0.4) is 0 Å². The van der Waals surface area contributed by atoms with Crippen LogP contribution in [0.5, 0.6) is 0 Å². The van der Waals surface area contributed by atoms with Crippen LogP contribution in [-0.4, -0.2) is 102 Å². The van der Waals surface area contributed by atoms with Crippen molar-refractivity contribution in [3.05, 3.63) is 0 Å². The smallest absolute Gasteiger partial charge is 0.366 e. The molecular weight excluding hydrogens is 622 g/mol. The predicted octanol–water partition coefficient (Wildman–Crippen LogP) is 1.75. The number of ether oxygens (including phenoxy) is 7. The van der Waals surface area contributed by atoms with Crippen LogP contribution >= 0.6 is 0 Å². The molecule has 1 heterocycles. The van der Waals surface area contributed by atoms with Gasteiger partial charge >= 0.3 is 29.8 Å². The molecule has 5 rings (SSSR count). The molecule has 0 spiro atoms. The first-order chi connectivity index (χ1) is 22.0. The van der Waals surface area contributed by atoms with E-state index < -0.39 is 96.5 Å². The average molecular weight is 668 g/mol. The topological polar surface area (TPSA) is 187 Å². The number of hydrogen-bond donors (Lipinski definition) is 0. The highest BCUT2D eigenvalue weighted by atomic mass is 16.8. The molecule has 15 nitrogen and oxygen atoms in total. The van der Waals surface area contributed by atoms with Gasteiger partial charge < -0.3 is 33.2 Å². The van der Waals surface area contributed by atoms with Gasteiger partial charge in [-0.1, -0.05) is 0 Å². The number of nitrogens with zero attached hydrogens (tertiary/aromatic N) is 1. The molecule has 0 aromatic rings. The fraction of sp³-hybridized carbons (Fsp3) is 0.781. The van der Waals surface area contributed by atoms with Crippen molar-refractivity contribution in [2.24, 2.45) is 17.8 Å². The van der Waals surface area contributed by atoms with Crippen molar-refractivity contribution in [1.29, 1.82) is 0 Å². The van der Waals surface area contributed by atoms with E-state index in [2.05, 4.69) is 0 Å². The molecule has 5 aliphatic rings. The number of imide groups is 1. The summed E-state index contributed by atoms with van der Waals surface area (Å²) in [7, 11) is 1.13. The van der Waals surface area contributed by atoms with E-state index in [1.165, 1.54) is 0 Å². The molecule has 1 aliphatic heterocycles. The average Bonchev–Trinajstić information content (AvgIpc) is 2.92. The monoisotopic (exact) mass is 667 g/mol. The fourth-order valence-corrected chi connectivity index (χ4v) is 8.53. The van der Waals surface area contributed by atoms with Crippen LogP contribution in [0.2, 0.25) is 0 Å². The second-order valence-electron chi connectivity index (χ2n) is 13.3. The van der Waals surface area contributed by atoms with E-state index in [1.807, 2.05) is 0 Å². The summed E-state index contributed by atoms with van der Waals surface area (Å²) in [5, 5.41) is 0. The van der Waals surface area contributed by atoms with E-state index in [0.29, 0.717) is 37.0 Å². The molecule has 0 unspecified atom stereocenters. The Morgan fingerprint density at radius 2 is 1.28 bits per heavy atom. The summed E-state index contributed by atoms with van der Waals surface area (Å²) >= 11 is 0. The first-order valence-corrected chi connectivity index (χ1v) is 15.9. The molecule has 0 aromatic heterocycles. The molecule has 0 N–H and O–H groups in total. The number of hydrogen-bond acceptors (Lipinski definition) is 14. The third kappa shape index (κ3) is 8.11. The summed E-state index contributed by atoms with van der Waals surface area (Å²) in [4.78, 5) is 90.0. The molecule has 262 valence electrons. The van der Waals surface area contributed by atoms with E-state index in [4.69, 9.17) is 33.2 Å². The van der Waals surface area contributed by atoms with Crippen molar-refractivity contribution in [2.45, 2.75) is 128 Å². The van der Waals surface area contributed by atoms with Gasteiger partial charge in [-0.3, -0.25) is 33.7 Å². The summed E-state index contributed by atoms with van der Waals surface area (Å²) in [5.41, 5.74) is -0.800. The van der Waals surface area contributed by atoms with Crippen molar-refractivity contribution < 1.29 is 66.7 Å². The first-order valence-electron chi connectivity index (χ1n) is 15.9. The molecular formula is C32H45NO14. The second-order valence-corrected chi connectivity index (χ2v) is 13.3. The van der Waals surface area contributed by atoms with E-state index in [0.717, 1.165) is 72.8 Å². The summed E-state index contributed by atoms with van der Waals surface area (Å²) in [6.45, 7) is 5.90. The maximum Gasteiger partial charge on any atom is 0.366 e. The van der Waals surface area contributed by atoms with Gasteiger partial charge in [0, 0.05) is 41.5 Å². The number of esters is 5. The van der Waals surface area contributed by atoms with Crippen LogP contribution in [0.25, 0.3) is 0 Å². The summed E-state index contributed by atoms with van der Waals surface area (Å²) in [5.74, 6) is -7.06. The summed E-state index contributed by atoms with van der Waals surface area (Å²) in [6, 6.07) is -1.54. The molecule has 0 radical (unpaired) electrons. The number of carbonyl (C=O) groups excluding carboxylic acids is 7. The van der Waals surface area contributed by atoms with Crippen molar-refractivity contribution in [1.82, 2.24) is 4.90 Å². The Balaban J connectivity index is 1.92. The van der Waals surface area contributed by atoms with Crippen LogP contribution in [0, 0.1) is 17.8 Å². The SMILES string of the molecule is COC(=O)[C@@]1(OC23CC4CC(CC(C4)C2)C3)C[C@H](OC(C)=O)[C@@H](N(C(C)=O)C(C)=O)[C@H]([C@H](OC(C)=O)[C@@H](COC(C)=O)OC(C)=O)O1. The van der Waals surface area contributed by atoms with Crippen molar-refractivity contribution in [3.8, 4) is 0 Å². The highest BCUT2D eigenvalue weighted by Crippen LogP contribution is 2.59. The molecule has 1 saturated heterocycles. The van der Waals surface area contributed by atoms with Crippen LogP contribution in [0.4, 0.5) is 0 Å². The van der Waals surface area contributed by atoms with Gasteiger partial charge in [-0.15, -0.1) is 0 Å². The van der Waals surface area contributed by atoms with Gasteiger partial charge in [0.25, 0.3) is 5.79 Å². The summed E-state index contributed by atoms with van der Waals surface area (Å²) in [6.07, 6.45) is -1.89. The minimum Gasteiger partial charge on any atom is -0.465 e. The Morgan fingerprint density at radius 3 is 1.70 bits per heavy atom. The Labute approximate surface area is 273 Å². The minimum absolute atomic E-state index is 0.379. The molecule has 6 atom stereocenters. The number of rotatable bonds is 11. The lowest BCUT2D eigenvalue weighted by atomic mass is 9.54. The van der Waals surface area contributed by atoms with Crippen LogP contribution in [-0.2, 0) is 66.7 Å². The predicted molar refractivity (Wildman–Crippen MR) is 157 cm³/mol. The van der Waals surface area contributed by atoms with Gasteiger partial charge in [-0.05, 0) is 56.3 Å². The lowest BCUT2D eigenvalue weighted by Gasteiger charge is -2.59. The molecule has 5 fully saturated rings. The number of carbonyl (C=O) groups is 7. The van der Waals surface area contributed by atoms with Gasteiger partial charge in [0.15, 0.2) is 12.2 Å². The Kier molecular flexibility index (Phi) is 11.0. The van der Waals surface area contributed by atoms with Crippen LogP contribution in [0.1, 0.15) is 86.5 Å². The van der Waals surface area contributed by atoms with E-state index in [9.17, 15) is 33.6 Å². The van der Waals surface area contributed by atoms with Crippen molar-refractivity contribution >= 4 is 41.7 Å². The second kappa shape index (κ2) is 14.3. The van der Waals surface area contributed by atoms with Crippen molar-refractivity contribution in [3.63, 3.8) is 0 Å². The Hall–Kier alpha value is -3.59. The maximum atomic E-state index is 13.9. The maximum absolute atomic E-state index is 13.9. The summed E-state index contributed by atoms with van der Waals surface area (Å²) < 4.78 is 40.6. The highest BCUT2D eigenvalue weighted by molar-refractivity contribution is 5.93. The van der Waals surface area contributed by atoms with E-state index in [-0.39, 0.29) is 0 Å². The molecule has 4 saturated carbocycles. The highest BCUT2D eigenvalue weighted by Gasteiger charge is 2.65. The number of amides is 2. The molecule has 0 aromatic carbocycles. The third-order valence-electron chi connectivity index (χ3n) is 9.43. The molecule has 4 bridgehead atoms. The van der Waals surface area contributed by atoms with Gasteiger partial charge in [-0.25, -0.2) is 4.79 Å². The van der Waals surface area contributed by atoms with Crippen LogP contribution < -0.4 is 0 Å². The molecule has 47 heavy (non-hydrogen) atoms. The number of methoxy groups -OCH3 is 1. The largest absolute Gasteiger partial charge is 0.465 e. The molecule has 15 heteroatoms. The lowest BCUT2D eigenvalue weighted by Crippen LogP contribution is -2.72. The zero-order valence-electron chi connectivity index (χ0n) is 27.9. The zero-order valence-corrected chi connectivity index (χ0v) is 27.9.